The summed E-state index contributed by atoms with van der Waals surface area (Å²) in [5.74, 6) is -0.0731. The zero-order chi connectivity index (χ0) is 25.1. The first kappa shape index (κ1) is 24.1. The number of ether oxygens (including phenoxy) is 1. The Hall–Kier alpha value is -3.62. The highest BCUT2D eigenvalue weighted by Crippen LogP contribution is 2.39. The van der Waals surface area contributed by atoms with E-state index < -0.39 is 11.8 Å². The zero-order valence-corrected chi connectivity index (χ0v) is 20.3. The van der Waals surface area contributed by atoms with Crippen molar-refractivity contribution in [1.29, 1.82) is 0 Å². The summed E-state index contributed by atoms with van der Waals surface area (Å²) in [5.41, 5.74) is 0.0529. The number of benzene rings is 2. The average molecular weight is 508 g/mol. The van der Waals surface area contributed by atoms with Gasteiger partial charge in [0.25, 0.3) is 11.8 Å². The van der Waals surface area contributed by atoms with Crippen LogP contribution in [0.2, 0.25) is 5.02 Å². The summed E-state index contributed by atoms with van der Waals surface area (Å²) < 4.78 is 11.5. The van der Waals surface area contributed by atoms with Gasteiger partial charge in [-0.15, -0.1) is 0 Å². The lowest BCUT2D eigenvalue weighted by Gasteiger charge is -2.44. The van der Waals surface area contributed by atoms with Crippen LogP contribution in [0.3, 0.4) is 0 Å². The van der Waals surface area contributed by atoms with E-state index in [1.807, 2.05) is 6.07 Å². The molecule has 2 fully saturated rings. The van der Waals surface area contributed by atoms with Crippen LogP contribution in [0, 0.1) is 0 Å². The lowest BCUT2D eigenvalue weighted by Crippen LogP contribution is -2.59. The van der Waals surface area contributed by atoms with E-state index >= 15 is 0 Å². The van der Waals surface area contributed by atoms with Gasteiger partial charge >= 0.3 is 0 Å². The number of carbonyl (C=O) groups is 3. The molecule has 2 saturated heterocycles. The molecular formula is C27H26ClN3O5. The van der Waals surface area contributed by atoms with Crippen LogP contribution < -0.4 is 5.32 Å². The molecule has 2 aliphatic rings. The van der Waals surface area contributed by atoms with Gasteiger partial charge < -0.3 is 19.4 Å². The first-order chi connectivity index (χ1) is 17.5. The minimum absolute atomic E-state index is 0.0771. The topological polar surface area (TPSA) is 92.1 Å². The molecule has 1 spiro atoms. The molecule has 1 aromatic heterocycles. The monoisotopic (exact) mass is 507 g/mol. The average Bonchev–Trinajstić information content (AvgIpc) is 3.56. The Balaban J connectivity index is 1.35. The number of nitrogens with one attached hydrogen (secondary N) is 1. The van der Waals surface area contributed by atoms with E-state index in [9.17, 15) is 14.4 Å². The Morgan fingerprint density at radius 3 is 2.28 bits per heavy atom. The third-order valence-electron chi connectivity index (χ3n) is 6.74. The number of piperidine rings is 1. The number of halogens is 1. The first-order valence-corrected chi connectivity index (χ1v) is 12.2. The Kier molecular flexibility index (Phi) is 6.80. The van der Waals surface area contributed by atoms with Gasteiger partial charge in [0, 0.05) is 42.1 Å². The third-order valence-corrected chi connectivity index (χ3v) is 6.99. The summed E-state index contributed by atoms with van der Waals surface area (Å²) in [6.07, 6.45) is 2.33. The number of rotatable bonds is 5. The van der Waals surface area contributed by atoms with E-state index in [1.165, 1.54) is 0 Å². The summed E-state index contributed by atoms with van der Waals surface area (Å²) in [6.45, 7) is 1.07. The molecular weight excluding hydrogens is 482 g/mol. The molecule has 1 N–H and O–H groups in total. The van der Waals surface area contributed by atoms with Gasteiger partial charge in [0.15, 0.2) is 0 Å². The molecule has 2 aliphatic heterocycles. The number of nitrogens with zero attached hydrogens (tertiary/aromatic N) is 2. The summed E-state index contributed by atoms with van der Waals surface area (Å²) in [5, 5.41) is 3.42. The minimum Gasteiger partial charge on any atom is -0.467 e. The van der Waals surface area contributed by atoms with Crippen molar-refractivity contribution in [2.75, 3.05) is 19.7 Å². The van der Waals surface area contributed by atoms with Gasteiger partial charge in [0.05, 0.1) is 19.4 Å². The zero-order valence-electron chi connectivity index (χ0n) is 19.6. The van der Waals surface area contributed by atoms with Crippen molar-refractivity contribution in [2.45, 2.75) is 31.2 Å². The fourth-order valence-corrected chi connectivity index (χ4v) is 4.95. The molecule has 0 bridgehead atoms. The second kappa shape index (κ2) is 10.2. The highest BCUT2D eigenvalue weighted by Gasteiger charge is 2.54. The van der Waals surface area contributed by atoms with Gasteiger partial charge in [-0.1, -0.05) is 29.8 Å². The van der Waals surface area contributed by atoms with Crippen LogP contribution in [0.1, 0.15) is 39.3 Å². The Morgan fingerprint density at radius 2 is 1.61 bits per heavy atom. The predicted molar refractivity (Wildman–Crippen MR) is 132 cm³/mol. The SMILES string of the molecule is O=C(NCc1ccco1)C1COC2(CCN(C(=O)c3ccc(Cl)cc3)CC2)N1C(=O)c1ccccc1. The maximum atomic E-state index is 13.7. The van der Waals surface area contributed by atoms with Crippen LogP contribution in [0.25, 0.3) is 0 Å². The Labute approximate surface area is 213 Å². The molecule has 0 radical (unpaired) electrons. The maximum Gasteiger partial charge on any atom is 0.256 e. The van der Waals surface area contributed by atoms with Crippen LogP contribution in [-0.2, 0) is 16.1 Å². The van der Waals surface area contributed by atoms with Gasteiger partial charge in [-0.25, -0.2) is 0 Å². The molecule has 3 amide bonds. The van der Waals surface area contributed by atoms with Crippen molar-refractivity contribution in [2.24, 2.45) is 0 Å². The molecule has 1 unspecified atom stereocenters. The van der Waals surface area contributed by atoms with Gasteiger partial charge in [0.2, 0.25) is 5.91 Å². The van der Waals surface area contributed by atoms with Crippen LogP contribution in [0.4, 0.5) is 0 Å². The number of carbonyl (C=O) groups excluding carboxylic acids is 3. The van der Waals surface area contributed by atoms with E-state index in [4.69, 9.17) is 20.8 Å². The number of hydrogen-bond donors (Lipinski definition) is 1. The molecule has 9 heteroatoms. The molecule has 186 valence electrons. The smallest absolute Gasteiger partial charge is 0.256 e. The van der Waals surface area contributed by atoms with Crippen molar-refractivity contribution in [1.82, 2.24) is 15.1 Å². The molecule has 0 aliphatic carbocycles. The van der Waals surface area contributed by atoms with E-state index in [1.54, 1.807) is 76.7 Å². The molecule has 1 atom stereocenters. The van der Waals surface area contributed by atoms with Gasteiger partial charge in [-0.3, -0.25) is 19.3 Å². The van der Waals surface area contributed by atoms with Gasteiger partial charge in [-0.05, 0) is 48.5 Å². The second-order valence-corrected chi connectivity index (χ2v) is 9.35. The van der Waals surface area contributed by atoms with Crippen LogP contribution in [0.15, 0.2) is 77.4 Å². The van der Waals surface area contributed by atoms with Crippen molar-refractivity contribution in [3.05, 3.63) is 94.9 Å². The number of hydrogen-bond acceptors (Lipinski definition) is 5. The van der Waals surface area contributed by atoms with Crippen molar-refractivity contribution in [3.8, 4) is 0 Å². The first-order valence-electron chi connectivity index (χ1n) is 11.8. The second-order valence-electron chi connectivity index (χ2n) is 8.91. The predicted octanol–water partition coefficient (Wildman–Crippen LogP) is 3.72. The fraction of sp³-hybridized carbons (Fsp3) is 0.296. The quantitative estimate of drug-likeness (QED) is 0.568. The maximum absolute atomic E-state index is 13.7. The molecule has 5 rings (SSSR count). The Bertz CT molecular complexity index is 1220. The number of furan rings is 1. The lowest BCUT2D eigenvalue weighted by molar-refractivity contribution is -0.128. The normalized spacial score (nSPS) is 18.9. The Morgan fingerprint density at radius 1 is 0.917 bits per heavy atom. The van der Waals surface area contributed by atoms with E-state index in [2.05, 4.69) is 5.32 Å². The molecule has 3 aromatic rings. The third kappa shape index (κ3) is 4.74. The van der Waals surface area contributed by atoms with E-state index in [0.717, 1.165) is 0 Å². The molecule has 3 heterocycles. The number of amides is 3. The van der Waals surface area contributed by atoms with Crippen molar-refractivity contribution in [3.63, 3.8) is 0 Å². The summed E-state index contributed by atoms with van der Waals surface area (Å²) in [4.78, 5) is 43.2. The molecule has 8 nitrogen and oxygen atoms in total. The number of likely N-dealkylation sites (tertiary alicyclic amines) is 1. The van der Waals surface area contributed by atoms with Gasteiger partial charge in [-0.2, -0.15) is 0 Å². The van der Waals surface area contributed by atoms with Crippen molar-refractivity contribution >= 4 is 29.3 Å². The van der Waals surface area contributed by atoms with Gasteiger partial charge in [0.1, 0.15) is 17.5 Å². The van der Waals surface area contributed by atoms with Crippen LogP contribution in [-0.4, -0.2) is 59.0 Å². The highest BCUT2D eigenvalue weighted by molar-refractivity contribution is 6.30. The van der Waals surface area contributed by atoms with Crippen LogP contribution in [0.5, 0.6) is 0 Å². The molecule has 0 saturated carbocycles. The lowest BCUT2D eigenvalue weighted by atomic mass is 9.96. The molecule has 2 aromatic carbocycles. The largest absolute Gasteiger partial charge is 0.467 e. The molecule has 36 heavy (non-hydrogen) atoms. The highest BCUT2D eigenvalue weighted by atomic mass is 35.5. The standard InChI is InChI=1S/C27H26ClN3O5/c28-21-10-8-20(9-11-21)25(33)30-14-12-27(13-15-30)31(26(34)19-5-2-1-3-6-19)23(18-36-27)24(32)29-17-22-7-4-16-35-22/h1-11,16,23H,12-15,17-18H2,(H,29,32). The minimum atomic E-state index is -0.976. The summed E-state index contributed by atoms with van der Waals surface area (Å²) in [6, 6.07) is 18.4. The van der Waals surface area contributed by atoms with E-state index in [-0.39, 0.29) is 30.9 Å². The van der Waals surface area contributed by atoms with E-state index in [0.29, 0.717) is 47.8 Å². The fourth-order valence-electron chi connectivity index (χ4n) is 4.83. The summed E-state index contributed by atoms with van der Waals surface area (Å²) >= 11 is 5.95. The van der Waals surface area contributed by atoms with Crippen molar-refractivity contribution < 1.29 is 23.5 Å². The summed E-state index contributed by atoms with van der Waals surface area (Å²) in [7, 11) is 0. The van der Waals surface area contributed by atoms with Crippen LogP contribution >= 0.6 is 11.6 Å².